The third-order valence-electron chi connectivity index (χ3n) is 3.35. The molecule has 0 aliphatic rings. The molecule has 0 spiro atoms. The van der Waals surface area contributed by atoms with Crippen molar-refractivity contribution in [1.29, 1.82) is 0 Å². The van der Waals surface area contributed by atoms with Crippen LogP contribution in [0.4, 0.5) is 5.69 Å². The number of ether oxygens (including phenoxy) is 2. The highest BCUT2D eigenvalue weighted by Gasteiger charge is 2.09. The van der Waals surface area contributed by atoms with E-state index in [1.54, 1.807) is 36.4 Å². The highest BCUT2D eigenvalue weighted by Crippen LogP contribution is 2.12. The number of benzene rings is 2. The van der Waals surface area contributed by atoms with Crippen LogP contribution in [0.3, 0.4) is 0 Å². The molecule has 0 heterocycles. The van der Waals surface area contributed by atoms with E-state index in [9.17, 15) is 14.4 Å². The topological polar surface area (TPSA) is 93.7 Å². The number of carbonyl (C=O) groups excluding carboxylic acids is 3. The molecule has 0 saturated heterocycles. The van der Waals surface area contributed by atoms with Crippen molar-refractivity contribution in [1.82, 2.24) is 5.32 Å². The molecule has 0 fully saturated rings. The van der Waals surface area contributed by atoms with E-state index < -0.39 is 5.97 Å². The molecule has 0 bridgehead atoms. The molecule has 7 nitrogen and oxygen atoms in total. The molecule has 0 radical (unpaired) electrons. The lowest BCUT2D eigenvalue weighted by Crippen LogP contribution is -2.32. The molecule has 0 atom stereocenters. The Morgan fingerprint density at radius 2 is 1.48 bits per heavy atom. The van der Waals surface area contributed by atoms with E-state index in [4.69, 9.17) is 4.74 Å². The number of esters is 1. The molecule has 0 saturated carbocycles. The maximum atomic E-state index is 12.0. The van der Waals surface area contributed by atoms with Gasteiger partial charge >= 0.3 is 5.97 Å². The molecule has 0 aliphatic heterocycles. The van der Waals surface area contributed by atoms with Crippen LogP contribution in [0, 0.1) is 0 Å². The number of nitrogens with one attached hydrogen (secondary N) is 2. The molecule has 25 heavy (non-hydrogen) atoms. The zero-order valence-corrected chi connectivity index (χ0v) is 13.9. The van der Waals surface area contributed by atoms with Crippen LogP contribution in [0.25, 0.3) is 0 Å². The summed E-state index contributed by atoms with van der Waals surface area (Å²) in [5, 5.41) is 5.15. The lowest BCUT2D eigenvalue weighted by atomic mass is 10.2. The Balaban J connectivity index is 1.85. The Kier molecular flexibility index (Phi) is 6.11. The van der Waals surface area contributed by atoms with Crippen LogP contribution < -0.4 is 15.4 Å². The number of hydrogen-bond donors (Lipinski definition) is 2. The number of hydrogen-bond acceptors (Lipinski definition) is 5. The summed E-state index contributed by atoms with van der Waals surface area (Å²) in [6.45, 7) is -0.177. The van der Waals surface area contributed by atoms with Crippen LogP contribution in [0.5, 0.6) is 5.75 Å². The van der Waals surface area contributed by atoms with Gasteiger partial charge in [-0.15, -0.1) is 0 Å². The number of carbonyl (C=O) groups is 3. The second kappa shape index (κ2) is 8.49. The first-order chi connectivity index (χ1) is 12.0. The first-order valence-electron chi connectivity index (χ1n) is 7.44. The number of amides is 2. The van der Waals surface area contributed by atoms with E-state index in [2.05, 4.69) is 15.4 Å². The highest BCUT2D eigenvalue weighted by molar-refractivity contribution is 5.99. The average Bonchev–Trinajstić information content (AvgIpc) is 2.66. The maximum absolute atomic E-state index is 12.0. The van der Waals surface area contributed by atoms with Crippen molar-refractivity contribution in [2.45, 2.75) is 0 Å². The Hall–Kier alpha value is -3.35. The minimum atomic E-state index is -0.454. The lowest BCUT2D eigenvalue weighted by molar-refractivity contribution is -0.115. The van der Waals surface area contributed by atoms with E-state index in [1.807, 2.05) is 0 Å². The molecule has 0 unspecified atom stereocenters. The van der Waals surface area contributed by atoms with Crippen molar-refractivity contribution in [3.8, 4) is 5.75 Å². The summed E-state index contributed by atoms with van der Waals surface area (Å²) >= 11 is 0. The molecule has 2 aromatic carbocycles. The highest BCUT2D eigenvalue weighted by atomic mass is 16.5. The second-order valence-electron chi connectivity index (χ2n) is 5.03. The fraction of sp³-hybridized carbons (Fsp3) is 0.167. The van der Waals surface area contributed by atoms with Gasteiger partial charge in [0.15, 0.2) is 0 Å². The maximum Gasteiger partial charge on any atom is 0.337 e. The largest absolute Gasteiger partial charge is 0.497 e. The fourth-order valence-electron chi connectivity index (χ4n) is 2.02. The summed E-state index contributed by atoms with van der Waals surface area (Å²) in [4.78, 5) is 35.2. The van der Waals surface area contributed by atoms with Crippen molar-refractivity contribution >= 4 is 23.5 Å². The van der Waals surface area contributed by atoms with E-state index in [0.717, 1.165) is 0 Å². The molecular formula is C18H18N2O5. The summed E-state index contributed by atoms with van der Waals surface area (Å²) in [5.74, 6) is -0.555. The molecule has 2 amide bonds. The monoisotopic (exact) mass is 342 g/mol. The van der Waals surface area contributed by atoms with Crippen molar-refractivity contribution in [2.75, 3.05) is 26.1 Å². The van der Waals surface area contributed by atoms with Crippen molar-refractivity contribution in [3.63, 3.8) is 0 Å². The Bertz CT molecular complexity index is 754. The van der Waals surface area contributed by atoms with Crippen LogP contribution in [0.15, 0.2) is 48.5 Å². The number of methoxy groups -OCH3 is 2. The Labute approximate surface area is 144 Å². The summed E-state index contributed by atoms with van der Waals surface area (Å²) in [5.41, 5.74) is 1.32. The zero-order valence-electron chi connectivity index (χ0n) is 13.9. The molecule has 0 aliphatic carbocycles. The molecule has 2 rings (SSSR count). The van der Waals surface area contributed by atoms with Gasteiger partial charge in [-0.1, -0.05) is 0 Å². The van der Waals surface area contributed by atoms with Crippen molar-refractivity contribution < 1.29 is 23.9 Å². The van der Waals surface area contributed by atoms with Gasteiger partial charge < -0.3 is 20.1 Å². The van der Waals surface area contributed by atoms with Gasteiger partial charge in [-0.05, 0) is 48.5 Å². The van der Waals surface area contributed by atoms with Gasteiger partial charge in [0.1, 0.15) is 5.75 Å². The third kappa shape index (κ3) is 5.07. The van der Waals surface area contributed by atoms with Gasteiger partial charge in [-0.2, -0.15) is 0 Å². The summed E-state index contributed by atoms with van der Waals surface area (Å²) in [7, 11) is 2.83. The average molecular weight is 342 g/mol. The van der Waals surface area contributed by atoms with Gasteiger partial charge in [0.25, 0.3) is 5.91 Å². The normalized spacial score (nSPS) is 9.84. The van der Waals surface area contributed by atoms with Crippen LogP contribution in [0.2, 0.25) is 0 Å². The first kappa shape index (κ1) is 18.0. The molecule has 2 aromatic rings. The standard InChI is InChI=1S/C18H18N2O5/c1-24-15-9-5-12(6-10-15)17(22)19-11-16(21)20-14-7-3-13(4-8-14)18(23)25-2/h3-10H,11H2,1-2H3,(H,19,22)(H,20,21). The van der Waals surface area contributed by atoms with Crippen molar-refractivity contribution in [3.05, 3.63) is 59.7 Å². The van der Waals surface area contributed by atoms with Crippen LogP contribution in [-0.4, -0.2) is 38.5 Å². The first-order valence-corrected chi connectivity index (χ1v) is 7.44. The van der Waals surface area contributed by atoms with E-state index in [-0.39, 0.29) is 18.4 Å². The van der Waals surface area contributed by atoms with Gasteiger partial charge in [0.2, 0.25) is 5.91 Å². The van der Waals surface area contributed by atoms with Gasteiger partial charge in [-0.3, -0.25) is 9.59 Å². The van der Waals surface area contributed by atoms with Crippen LogP contribution >= 0.6 is 0 Å². The smallest absolute Gasteiger partial charge is 0.337 e. The van der Waals surface area contributed by atoms with Gasteiger partial charge in [0, 0.05) is 11.3 Å². The minimum absolute atomic E-state index is 0.177. The predicted molar refractivity (Wildman–Crippen MR) is 91.7 cm³/mol. The zero-order chi connectivity index (χ0) is 18.2. The lowest BCUT2D eigenvalue weighted by Gasteiger charge is -2.08. The number of rotatable bonds is 6. The predicted octanol–water partition coefficient (Wildman–Crippen LogP) is 1.85. The summed E-state index contributed by atoms with van der Waals surface area (Å²) in [6.07, 6.45) is 0. The van der Waals surface area contributed by atoms with Gasteiger partial charge in [0.05, 0.1) is 26.3 Å². The fourth-order valence-corrected chi connectivity index (χ4v) is 2.02. The van der Waals surface area contributed by atoms with Crippen LogP contribution in [-0.2, 0) is 9.53 Å². The molecule has 2 N–H and O–H groups in total. The molecule has 7 heteroatoms. The quantitative estimate of drug-likeness (QED) is 0.782. The molecular weight excluding hydrogens is 324 g/mol. The summed E-state index contributed by atoms with van der Waals surface area (Å²) < 4.78 is 9.62. The molecule has 130 valence electrons. The molecule has 0 aromatic heterocycles. The van der Waals surface area contributed by atoms with E-state index in [0.29, 0.717) is 22.6 Å². The number of anilines is 1. The van der Waals surface area contributed by atoms with E-state index in [1.165, 1.54) is 26.4 Å². The third-order valence-corrected chi connectivity index (χ3v) is 3.35. The Morgan fingerprint density at radius 3 is 2.04 bits per heavy atom. The second-order valence-corrected chi connectivity index (χ2v) is 5.03. The Morgan fingerprint density at radius 1 is 0.880 bits per heavy atom. The van der Waals surface area contributed by atoms with Crippen LogP contribution in [0.1, 0.15) is 20.7 Å². The van der Waals surface area contributed by atoms with Gasteiger partial charge in [-0.25, -0.2) is 4.79 Å². The SMILES string of the molecule is COC(=O)c1ccc(NC(=O)CNC(=O)c2ccc(OC)cc2)cc1. The van der Waals surface area contributed by atoms with E-state index >= 15 is 0 Å². The minimum Gasteiger partial charge on any atom is -0.497 e. The van der Waals surface area contributed by atoms with Crippen molar-refractivity contribution in [2.24, 2.45) is 0 Å². The summed E-state index contributed by atoms with van der Waals surface area (Å²) in [6, 6.07) is 12.8.